The van der Waals surface area contributed by atoms with Gasteiger partial charge in [-0.2, -0.15) is 0 Å². The monoisotopic (exact) mass is 259 g/mol. The van der Waals surface area contributed by atoms with Gasteiger partial charge in [-0.05, 0) is 25.8 Å². The van der Waals surface area contributed by atoms with Crippen LogP contribution in [0.1, 0.15) is 25.0 Å². The Labute approximate surface area is 112 Å². The molecule has 2 rings (SSSR count). The summed E-state index contributed by atoms with van der Waals surface area (Å²) in [5.74, 6) is -1.51. The summed E-state index contributed by atoms with van der Waals surface area (Å²) in [4.78, 5) is 22.9. The molecule has 0 saturated carbocycles. The summed E-state index contributed by atoms with van der Waals surface area (Å²) in [7, 11) is 1.20. The highest BCUT2D eigenvalue weighted by atomic mass is 16.5. The molecule has 0 aromatic heterocycles. The lowest BCUT2D eigenvalue weighted by atomic mass is 9.85. The molecule has 1 aliphatic rings. The Hall–Kier alpha value is -2.10. The molecule has 0 aliphatic carbocycles. The van der Waals surface area contributed by atoms with Crippen LogP contribution in [-0.4, -0.2) is 24.4 Å². The van der Waals surface area contributed by atoms with E-state index in [2.05, 4.69) is 23.9 Å². The summed E-state index contributed by atoms with van der Waals surface area (Å²) in [6.07, 6.45) is 2.18. The second-order valence-corrected chi connectivity index (χ2v) is 5.26. The quantitative estimate of drug-likeness (QED) is 0.499. The predicted molar refractivity (Wildman–Crippen MR) is 72.4 cm³/mol. The molecule has 1 N–H and O–H groups in total. The summed E-state index contributed by atoms with van der Waals surface area (Å²) >= 11 is 0. The molecule has 0 atom stereocenters. The second-order valence-electron chi connectivity index (χ2n) is 5.26. The first-order valence-corrected chi connectivity index (χ1v) is 6.13. The van der Waals surface area contributed by atoms with E-state index >= 15 is 0 Å². The lowest BCUT2D eigenvalue weighted by Crippen LogP contribution is -2.44. The number of ether oxygens (including phenoxy) is 1. The molecule has 0 spiro atoms. The van der Waals surface area contributed by atoms with E-state index in [4.69, 9.17) is 0 Å². The Bertz CT molecular complexity index is 558. The molecule has 0 unspecified atom stereocenters. The number of carbonyl (C=O) groups is 2. The van der Waals surface area contributed by atoms with Crippen molar-refractivity contribution in [1.82, 2.24) is 5.32 Å². The molecule has 0 fully saturated rings. The molecule has 0 amide bonds. The molecule has 1 heterocycles. The molecular formula is C15H17NO3. The Morgan fingerprint density at radius 1 is 1.32 bits per heavy atom. The third-order valence-corrected chi connectivity index (χ3v) is 3.07. The van der Waals surface area contributed by atoms with Crippen LogP contribution in [-0.2, 0) is 20.7 Å². The van der Waals surface area contributed by atoms with Crippen LogP contribution in [0, 0.1) is 0 Å². The van der Waals surface area contributed by atoms with Crippen molar-refractivity contribution in [2.45, 2.75) is 25.8 Å². The van der Waals surface area contributed by atoms with Gasteiger partial charge in [0.2, 0.25) is 0 Å². The van der Waals surface area contributed by atoms with Crippen molar-refractivity contribution in [3.05, 3.63) is 41.5 Å². The molecule has 1 aliphatic heterocycles. The summed E-state index contributed by atoms with van der Waals surface area (Å²) in [5.41, 5.74) is 2.63. The van der Waals surface area contributed by atoms with Gasteiger partial charge in [0.1, 0.15) is 0 Å². The van der Waals surface area contributed by atoms with E-state index in [0.29, 0.717) is 5.70 Å². The molecule has 19 heavy (non-hydrogen) atoms. The van der Waals surface area contributed by atoms with Crippen molar-refractivity contribution in [1.29, 1.82) is 0 Å². The number of hydrogen-bond acceptors (Lipinski definition) is 4. The zero-order valence-corrected chi connectivity index (χ0v) is 11.3. The maximum absolute atomic E-state index is 11.7. The Morgan fingerprint density at radius 3 is 2.68 bits per heavy atom. The number of esters is 1. The zero-order chi connectivity index (χ0) is 14.0. The molecule has 0 bridgehead atoms. The van der Waals surface area contributed by atoms with E-state index in [-0.39, 0.29) is 5.54 Å². The predicted octanol–water partition coefficient (Wildman–Crippen LogP) is 1.69. The van der Waals surface area contributed by atoms with Crippen molar-refractivity contribution in [3.8, 4) is 0 Å². The Balaban J connectivity index is 2.43. The molecule has 0 saturated heterocycles. The van der Waals surface area contributed by atoms with Gasteiger partial charge in [0.15, 0.2) is 0 Å². The van der Waals surface area contributed by atoms with Crippen molar-refractivity contribution in [2.75, 3.05) is 7.11 Å². The molecule has 4 nitrogen and oxygen atoms in total. The lowest BCUT2D eigenvalue weighted by molar-refractivity contribution is -0.149. The summed E-state index contributed by atoms with van der Waals surface area (Å²) in [6, 6.07) is 7.86. The van der Waals surface area contributed by atoms with Gasteiger partial charge >= 0.3 is 5.97 Å². The average molecular weight is 259 g/mol. The van der Waals surface area contributed by atoms with Crippen molar-refractivity contribution in [3.63, 3.8) is 0 Å². The number of carbonyl (C=O) groups excluding carboxylic acids is 2. The number of fused-ring (bicyclic) bond motifs is 1. The second kappa shape index (κ2) is 4.88. The average Bonchev–Trinajstić information content (AvgIpc) is 2.36. The fourth-order valence-corrected chi connectivity index (χ4v) is 2.29. The van der Waals surface area contributed by atoms with Crippen molar-refractivity contribution in [2.24, 2.45) is 0 Å². The summed E-state index contributed by atoms with van der Waals surface area (Å²) < 4.78 is 4.43. The minimum Gasteiger partial charge on any atom is -0.463 e. The van der Waals surface area contributed by atoms with Crippen molar-refractivity contribution >= 4 is 17.4 Å². The Morgan fingerprint density at radius 2 is 2.00 bits per heavy atom. The topological polar surface area (TPSA) is 55.4 Å². The number of nitrogens with one attached hydrogen (secondary N) is 1. The van der Waals surface area contributed by atoms with Gasteiger partial charge in [-0.25, -0.2) is 4.79 Å². The fourth-order valence-electron chi connectivity index (χ4n) is 2.29. The number of methoxy groups -OCH3 is 1. The van der Waals surface area contributed by atoms with Crippen LogP contribution in [0.15, 0.2) is 30.3 Å². The maximum Gasteiger partial charge on any atom is 0.378 e. The minimum absolute atomic E-state index is 0.156. The van der Waals surface area contributed by atoms with Gasteiger partial charge < -0.3 is 10.1 Å². The van der Waals surface area contributed by atoms with Crippen LogP contribution >= 0.6 is 0 Å². The highest BCUT2D eigenvalue weighted by molar-refractivity contribution is 6.39. The van der Waals surface area contributed by atoms with Gasteiger partial charge in [-0.3, -0.25) is 4.79 Å². The first kappa shape index (κ1) is 13.3. The summed E-state index contributed by atoms with van der Waals surface area (Å²) in [5, 5.41) is 3.29. The van der Waals surface area contributed by atoms with Gasteiger partial charge in [0.05, 0.1) is 7.11 Å². The molecule has 100 valence electrons. The smallest absolute Gasteiger partial charge is 0.378 e. The highest BCUT2D eigenvalue weighted by Gasteiger charge is 2.28. The van der Waals surface area contributed by atoms with Gasteiger partial charge in [-0.1, -0.05) is 24.3 Å². The van der Waals surface area contributed by atoms with Gasteiger partial charge in [-0.15, -0.1) is 0 Å². The molecule has 1 aromatic carbocycles. The van der Waals surface area contributed by atoms with E-state index in [1.807, 2.05) is 24.3 Å². The molecular weight excluding hydrogens is 242 g/mol. The van der Waals surface area contributed by atoms with E-state index in [9.17, 15) is 9.59 Å². The number of hydrogen-bond donors (Lipinski definition) is 1. The van der Waals surface area contributed by atoms with Crippen LogP contribution < -0.4 is 5.32 Å². The van der Waals surface area contributed by atoms with E-state index < -0.39 is 11.8 Å². The fraction of sp³-hybridized carbons (Fsp3) is 0.333. The summed E-state index contributed by atoms with van der Waals surface area (Å²) in [6.45, 7) is 4.11. The zero-order valence-electron chi connectivity index (χ0n) is 11.3. The molecule has 4 heteroatoms. The molecule has 1 aromatic rings. The minimum atomic E-state index is -0.852. The van der Waals surface area contributed by atoms with Crippen LogP contribution in [0.3, 0.4) is 0 Å². The number of rotatable bonds is 2. The lowest BCUT2D eigenvalue weighted by Gasteiger charge is -2.35. The van der Waals surface area contributed by atoms with E-state index in [1.54, 1.807) is 0 Å². The highest BCUT2D eigenvalue weighted by Crippen LogP contribution is 2.29. The van der Waals surface area contributed by atoms with E-state index in [1.165, 1.54) is 13.2 Å². The van der Waals surface area contributed by atoms with Crippen LogP contribution in [0.25, 0.3) is 5.70 Å². The largest absolute Gasteiger partial charge is 0.463 e. The normalized spacial score (nSPS) is 18.4. The van der Waals surface area contributed by atoms with Crippen molar-refractivity contribution < 1.29 is 14.3 Å². The van der Waals surface area contributed by atoms with Gasteiger partial charge in [0.25, 0.3) is 5.78 Å². The van der Waals surface area contributed by atoms with Crippen LogP contribution in [0.4, 0.5) is 0 Å². The Kier molecular flexibility index (Phi) is 3.42. The first-order chi connectivity index (χ1) is 8.93. The molecule has 0 radical (unpaired) electrons. The number of ketones is 1. The SMILES string of the molecule is COC(=O)C(=O)/C=C1/NC(C)(C)Cc2ccccc21. The third kappa shape index (κ3) is 2.84. The van der Waals surface area contributed by atoms with Crippen LogP contribution in [0.5, 0.6) is 0 Å². The first-order valence-electron chi connectivity index (χ1n) is 6.13. The maximum atomic E-state index is 11.7. The third-order valence-electron chi connectivity index (χ3n) is 3.07. The van der Waals surface area contributed by atoms with Crippen LogP contribution in [0.2, 0.25) is 0 Å². The van der Waals surface area contributed by atoms with E-state index in [0.717, 1.165) is 17.5 Å². The number of benzene rings is 1. The van der Waals surface area contributed by atoms with Gasteiger partial charge in [0, 0.05) is 22.9 Å². The standard InChI is InChI=1S/C15H17NO3/c1-15(2)9-10-6-4-5-7-11(10)12(16-15)8-13(17)14(18)19-3/h4-8,16H,9H2,1-3H3/b12-8+.